The van der Waals surface area contributed by atoms with Crippen molar-refractivity contribution in [1.29, 1.82) is 0 Å². The van der Waals surface area contributed by atoms with E-state index in [1.54, 1.807) is 0 Å². The molecule has 1 radical (unpaired) electrons. The predicted molar refractivity (Wildman–Crippen MR) is 62.8 cm³/mol. The highest BCUT2D eigenvalue weighted by atomic mass is 13.8. The van der Waals surface area contributed by atoms with Crippen LogP contribution in [0.2, 0.25) is 0 Å². The van der Waals surface area contributed by atoms with Crippen LogP contribution in [0.15, 0.2) is 54.7 Å². The Morgan fingerprint density at radius 1 is 0.643 bits per heavy atom. The minimum Gasteiger partial charge on any atom is -0.0844 e. The molecule has 0 saturated heterocycles. The molecule has 0 aliphatic heterocycles. The lowest BCUT2D eigenvalue weighted by molar-refractivity contribution is 1.23. The number of allylic oxidation sites excluding steroid dienone is 10. The summed E-state index contributed by atoms with van der Waals surface area (Å²) < 4.78 is 0. The normalized spacial score (nSPS) is 18.3. The van der Waals surface area contributed by atoms with E-state index >= 15 is 0 Å². The van der Waals surface area contributed by atoms with Gasteiger partial charge in [0.1, 0.15) is 0 Å². The molecule has 0 spiro atoms. The summed E-state index contributed by atoms with van der Waals surface area (Å²) in [6, 6.07) is 0. The molecule has 0 aromatic heterocycles. The molecular weight excluding hydrogens is 168 g/mol. The Labute approximate surface area is 87.0 Å². The van der Waals surface area contributed by atoms with E-state index in [1.807, 2.05) is 0 Å². The summed E-state index contributed by atoms with van der Waals surface area (Å²) in [5.41, 5.74) is 0. The van der Waals surface area contributed by atoms with E-state index in [9.17, 15) is 0 Å². The Balaban J connectivity index is 2.45. The maximum Gasteiger partial charge on any atom is -0.00977 e. The molecule has 0 N–H and O–H groups in total. The fourth-order valence-electron chi connectivity index (χ4n) is 1.15. The van der Waals surface area contributed by atoms with Crippen LogP contribution in [0.3, 0.4) is 0 Å². The molecule has 0 aromatic carbocycles. The lowest BCUT2D eigenvalue weighted by Gasteiger charge is -1.85. The van der Waals surface area contributed by atoms with E-state index in [0.29, 0.717) is 0 Å². The third-order valence-electron chi connectivity index (χ3n) is 1.89. The fraction of sp³-hybridized carbons (Fsp3) is 0.286. The second-order valence-electron chi connectivity index (χ2n) is 3.12. The van der Waals surface area contributed by atoms with Gasteiger partial charge in [0.25, 0.3) is 0 Å². The van der Waals surface area contributed by atoms with Crippen molar-refractivity contribution in [2.45, 2.75) is 25.7 Å². The van der Waals surface area contributed by atoms with Crippen LogP contribution in [0.4, 0.5) is 0 Å². The minimum absolute atomic E-state index is 0.928. The number of rotatable bonds is 0. The highest BCUT2D eigenvalue weighted by Crippen LogP contribution is 1.96. The molecule has 1 aliphatic carbocycles. The molecule has 0 nitrogen and oxygen atoms in total. The molecule has 0 fully saturated rings. The van der Waals surface area contributed by atoms with Gasteiger partial charge in [-0.15, -0.1) is 0 Å². The largest absolute Gasteiger partial charge is 0.0844 e. The second kappa shape index (κ2) is 8.31. The maximum absolute atomic E-state index is 3.23. The monoisotopic (exact) mass is 185 g/mol. The average molecular weight is 185 g/mol. The standard InChI is InChI=1S/C14H17/c1-2-4-6-8-10-12-14-13-11-9-7-5-3-1/h1-4,7-9,13-14H,5-6,11-12H2. The molecule has 0 heteroatoms. The summed E-state index contributed by atoms with van der Waals surface area (Å²) in [7, 11) is 0. The van der Waals surface area contributed by atoms with Gasteiger partial charge in [-0.3, -0.25) is 0 Å². The lowest BCUT2D eigenvalue weighted by Crippen LogP contribution is -1.65. The summed E-state index contributed by atoms with van der Waals surface area (Å²) in [4.78, 5) is 0. The summed E-state index contributed by atoms with van der Waals surface area (Å²) in [6.07, 6.45) is 26.5. The predicted octanol–water partition coefficient (Wildman–Crippen LogP) is 4.14. The Kier molecular flexibility index (Phi) is 6.39. The molecule has 0 amide bonds. The van der Waals surface area contributed by atoms with Crippen molar-refractivity contribution in [3.05, 3.63) is 60.8 Å². The first-order valence-corrected chi connectivity index (χ1v) is 5.17. The molecule has 1 aliphatic rings. The Morgan fingerprint density at radius 2 is 1.29 bits per heavy atom. The van der Waals surface area contributed by atoms with Gasteiger partial charge < -0.3 is 0 Å². The minimum atomic E-state index is 0.928. The van der Waals surface area contributed by atoms with Crippen molar-refractivity contribution >= 4 is 0 Å². The summed E-state index contributed by atoms with van der Waals surface area (Å²) in [6.45, 7) is 0. The second-order valence-corrected chi connectivity index (χ2v) is 3.12. The van der Waals surface area contributed by atoms with Gasteiger partial charge in [0, 0.05) is 0 Å². The van der Waals surface area contributed by atoms with Gasteiger partial charge in [-0.1, -0.05) is 54.7 Å². The highest BCUT2D eigenvalue weighted by molar-refractivity contribution is 5.07. The van der Waals surface area contributed by atoms with Crippen LogP contribution in [0.1, 0.15) is 25.7 Å². The molecule has 0 unspecified atom stereocenters. The molecule has 1 rings (SSSR count). The zero-order chi connectivity index (χ0) is 9.90. The van der Waals surface area contributed by atoms with Gasteiger partial charge in [0.05, 0.1) is 0 Å². The molecule has 14 heavy (non-hydrogen) atoms. The Bertz CT molecular complexity index is 234. The highest BCUT2D eigenvalue weighted by Gasteiger charge is 1.76. The van der Waals surface area contributed by atoms with E-state index in [4.69, 9.17) is 0 Å². The van der Waals surface area contributed by atoms with Crippen molar-refractivity contribution in [1.82, 2.24) is 0 Å². The van der Waals surface area contributed by atoms with Crippen LogP contribution in [-0.4, -0.2) is 0 Å². The third kappa shape index (κ3) is 6.24. The molecule has 0 saturated carbocycles. The van der Waals surface area contributed by atoms with Crippen LogP contribution < -0.4 is 0 Å². The van der Waals surface area contributed by atoms with Crippen LogP contribution >= 0.6 is 0 Å². The van der Waals surface area contributed by atoms with Crippen molar-refractivity contribution in [2.24, 2.45) is 0 Å². The topological polar surface area (TPSA) is 0 Å². The number of hydrogen-bond donors (Lipinski definition) is 0. The van der Waals surface area contributed by atoms with Crippen LogP contribution in [0.25, 0.3) is 0 Å². The molecular formula is C14H17. The zero-order valence-electron chi connectivity index (χ0n) is 8.52. The van der Waals surface area contributed by atoms with Crippen LogP contribution in [-0.2, 0) is 0 Å². The first kappa shape index (κ1) is 10.8. The van der Waals surface area contributed by atoms with Gasteiger partial charge in [-0.2, -0.15) is 0 Å². The average Bonchev–Trinajstić information content (AvgIpc) is 2.22. The SMILES string of the molecule is [C]1=CCC=CC=CCC=CCC=CC1. The molecule has 0 aromatic rings. The van der Waals surface area contributed by atoms with Gasteiger partial charge in [0.2, 0.25) is 0 Å². The molecule has 0 bridgehead atoms. The van der Waals surface area contributed by atoms with Crippen LogP contribution in [0, 0.1) is 6.08 Å². The van der Waals surface area contributed by atoms with Crippen LogP contribution in [0.5, 0.6) is 0 Å². The van der Waals surface area contributed by atoms with Gasteiger partial charge in [-0.25, -0.2) is 0 Å². The quantitative estimate of drug-likeness (QED) is 0.497. The number of hydrogen-bond acceptors (Lipinski definition) is 0. The third-order valence-corrected chi connectivity index (χ3v) is 1.89. The summed E-state index contributed by atoms with van der Waals surface area (Å²) in [5, 5.41) is 0. The van der Waals surface area contributed by atoms with E-state index in [2.05, 4.69) is 60.8 Å². The fourth-order valence-corrected chi connectivity index (χ4v) is 1.15. The summed E-state index contributed by atoms with van der Waals surface area (Å²) >= 11 is 0. The zero-order valence-corrected chi connectivity index (χ0v) is 8.52. The maximum atomic E-state index is 3.23. The molecule has 73 valence electrons. The van der Waals surface area contributed by atoms with E-state index in [1.165, 1.54) is 0 Å². The van der Waals surface area contributed by atoms with E-state index < -0.39 is 0 Å². The molecule has 0 heterocycles. The van der Waals surface area contributed by atoms with E-state index in [-0.39, 0.29) is 0 Å². The smallest absolute Gasteiger partial charge is 0.00977 e. The van der Waals surface area contributed by atoms with E-state index in [0.717, 1.165) is 25.7 Å². The van der Waals surface area contributed by atoms with Crippen molar-refractivity contribution < 1.29 is 0 Å². The van der Waals surface area contributed by atoms with Gasteiger partial charge in [0.15, 0.2) is 0 Å². The van der Waals surface area contributed by atoms with Crippen molar-refractivity contribution in [3.8, 4) is 0 Å². The van der Waals surface area contributed by atoms with Gasteiger partial charge >= 0.3 is 0 Å². The molecule has 0 atom stereocenters. The van der Waals surface area contributed by atoms with Gasteiger partial charge in [-0.05, 0) is 31.8 Å². The first-order chi connectivity index (χ1) is 7.00. The van der Waals surface area contributed by atoms with Crippen molar-refractivity contribution in [3.63, 3.8) is 0 Å². The summed E-state index contributed by atoms with van der Waals surface area (Å²) in [5.74, 6) is 0. The first-order valence-electron chi connectivity index (χ1n) is 5.17. The Morgan fingerprint density at radius 3 is 2.14 bits per heavy atom. The Hall–Kier alpha value is -1.30. The lowest BCUT2D eigenvalue weighted by atomic mass is 10.2. The van der Waals surface area contributed by atoms with Crippen molar-refractivity contribution in [2.75, 3.05) is 0 Å².